The molecule has 0 spiro atoms. The number of thiophene rings is 1. The minimum atomic E-state index is -0.590. The molecule has 102 valence electrons. The summed E-state index contributed by atoms with van der Waals surface area (Å²) in [6, 6.07) is 10.2. The summed E-state index contributed by atoms with van der Waals surface area (Å²) in [6.45, 7) is 0. The van der Waals surface area contributed by atoms with Gasteiger partial charge in [-0.3, -0.25) is 0 Å². The second-order valence-corrected chi connectivity index (χ2v) is 6.03. The highest BCUT2D eigenvalue weighted by atomic mass is 35.5. The molecule has 1 heterocycles. The van der Waals surface area contributed by atoms with E-state index >= 15 is 0 Å². The van der Waals surface area contributed by atoms with Crippen LogP contribution in [-0.4, -0.2) is 0 Å². The lowest BCUT2D eigenvalue weighted by Gasteiger charge is -2.11. The average Bonchev–Trinajstić information content (AvgIpc) is 2.81. The maximum Gasteiger partial charge on any atom is 0.129 e. The van der Waals surface area contributed by atoms with E-state index in [1.54, 1.807) is 24.3 Å². The molecule has 0 aliphatic rings. The number of rotatable bonds is 2. The van der Waals surface area contributed by atoms with Gasteiger partial charge < -0.3 is 5.73 Å². The molecular weight excluding hydrogens is 300 g/mol. The Kier molecular flexibility index (Phi) is 3.46. The number of benzene rings is 2. The maximum atomic E-state index is 13.9. The van der Waals surface area contributed by atoms with Gasteiger partial charge in [0.1, 0.15) is 11.6 Å². The fourth-order valence-electron chi connectivity index (χ4n) is 2.10. The highest BCUT2D eigenvalue weighted by Gasteiger charge is 2.16. The van der Waals surface area contributed by atoms with E-state index in [9.17, 15) is 8.78 Å². The smallest absolute Gasteiger partial charge is 0.129 e. The van der Waals surface area contributed by atoms with Crippen LogP contribution in [0.5, 0.6) is 0 Å². The molecule has 2 N–H and O–H groups in total. The summed E-state index contributed by atoms with van der Waals surface area (Å²) in [5.41, 5.74) is 6.48. The first-order chi connectivity index (χ1) is 9.54. The second-order valence-electron chi connectivity index (χ2n) is 4.47. The first kappa shape index (κ1) is 13.5. The molecule has 20 heavy (non-hydrogen) atoms. The third-order valence-corrected chi connectivity index (χ3v) is 4.54. The highest BCUT2D eigenvalue weighted by molar-refractivity contribution is 7.19. The molecule has 0 radical (unpaired) electrons. The van der Waals surface area contributed by atoms with Crippen molar-refractivity contribution in [1.29, 1.82) is 0 Å². The van der Waals surface area contributed by atoms with Crippen molar-refractivity contribution < 1.29 is 8.78 Å². The third-order valence-electron chi connectivity index (χ3n) is 3.10. The largest absolute Gasteiger partial charge is 0.320 e. The summed E-state index contributed by atoms with van der Waals surface area (Å²) in [7, 11) is 0. The zero-order valence-electron chi connectivity index (χ0n) is 10.2. The molecule has 1 atom stereocenters. The Bertz CT molecular complexity index is 785. The highest BCUT2D eigenvalue weighted by Crippen LogP contribution is 2.33. The van der Waals surface area contributed by atoms with Crippen molar-refractivity contribution in [2.75, 3.05) is 0 Å². The molecule has 3 rings (SSSR count). The summed E-state index contributed by atoms with van der Waals surface area (Å²) in [5, 5.41) is 1.10. The van der Waals surface area contributed by atoms with Gasteiger partial charge in [0.05, 0.1) is 6.04 Å². The van der Waals surface area contributed by atoms with Crippen LogP contribution in [0.4, 0.5) is 8.78 Å². The van der Waals surface area contributed by atoms with Crippen LogP contribution in [0.2, 0.25) is 5.02 Å². The van der Waals surface area contributed by atoms with Gasteiger partial charge in [-0.05, 0) is 41.8 Å². The number of hydrogen-bond acceptors (Lipinski definition) is 2. The van der Waals surface area contributed by atoms with Gasteiger partial charge in [0.2, 0.25) is 0 Å². The standard InChI is InChI=1S/C15H10ClF2NS/c16-9-1-3-11(12(18)7-9)15(19)14-6-8-5-10(17)2-4-13(8)20-14/h1-7,15H,19H2. The van der Waals surface area contributed by atoms with E-state index in [2.05, 4.69) is 0 Å². The Labute approximate surface area is 123 Å². The number of halogens is 3. The molecule has 0 bridgehead atoms. The molecule has 5 heteroatoms. The minimum Gasteiger partial charge on any atom is -0.320 e. The minimum absolute atomic E-state index is 0.298. The van der Waals surface area contributed by atoms with E-state index in [1.807, 2.05) is 0 Å². The Balaban J connectivity index is 2.05. The first-order valence-corrected chi connectivity index (χ1v) is 7.13. The molecule has 0 saturated carbocycles. The van der Waals surface area contributed by atoms with Crippen molar-refractivity contribution in [2.24, 2.45) is 5.73 Å². The predicted octanol–water partition coefficient (Wildman–Crippen LogP) is 4.88. The van der Waals surface area contributed by atoms with Crippen LogP contribution in [-0.2, 0) is 0 Å². The molecule has 0 fully saturated rings. The van der Waals surface area contributed by atoms with Crippen LogP contribution in [0, 0.1) is 11.6 Å². The summed E-state index contributed by atoms with van der Waals surface area (Å²) < 4.78 is 28.0. The lowest BCUT2D eigenvalue weighted by Crippen LogP contribution is -2.12. The monoisotopic (exact) mass is 309 g/mol. The topological polar surface area (TPSA) is 26.0 Å². The van der Waals surface area contributed by atoms with Gasteiger partial charge in [0.25, 0.3) is 0 Å². The number of fused-ring (bicyclic) bond motifs is 1. The average molecular weight is 310 g/mol. The fraction of sp³-hybridized carbons (Fsp3) is 0.0667. The Morgan fingerprint density at radius 3 is 2.60 bits per heavy atom. The Morgan fingerprint density at radius 1 is 1.05 bits per heavy atom. The first-order valence-electron chi connectivity index (χ1n) is 5.94. The normalized spacial score (nSPS) is 12.8. The van der Waals surface area contributed by atoms with Crippen LogP contribution in [0.1, 0.15) is 16.5 Å². The summed E-state index contributed by atoms with van der Waals surface area (Å²) in [4.78, 5) is 0.784. The van der Waals surface area contributed by atoms with E-state index in [1.165, 1.54) is 29.5 Å². The van der Waals surface area contributed by atoms with Crippen LogP contribution >= 0.6 is 22.9 Å². The Morgan fingerprint density at radius 2 is 1.85 bits per heavy atom. The third kappa shape index (κ3) is 2.42. The molecule has 1 aromatic heterocycles. The summed E-state index contributed by atoms with van der Waals surface area (Å²) in [5.74, 6) is -0.735. The van der Waals surface area contributed by atoms with Crippen LogP contribution in [0.3, 0.4) is 0 Å². The fourth-order valence-corrected chi connectivity index (χ4v) is 3.32. The van der Waals surface area contributed by atoms with Gasteiger partial charge in [0, 0.05) is 20.2 Å². The van der Waals surface area contributed by atoms with Crippen LogP contribution in [0.15, 0.2) is 42.5 Å². The van der Waals surface area contributed by atoms with Crippen molar-refractivity contribution in [3.8, 4) is 0 Å². The number of hydrogen-bond donors (Lipinski definition) is 1. The molecule has 0 aliphatic heterocycles. The van der Waals surface area contributed by atoms with Gasteiger partial charge in [-0.1, -0.05) is 17.7 Å². The second kappa shape index (κ2) is 5.13. The molecule has 1 nitrogen and oxygen atoms in total. The van der Waals surface area contributed by atoms with Crippen molar-refractivity contribution in [1.82, 2.24) is 0 Å². The van der Waals surface area contributed by atoms with E-state index < -0.39 is 11.9 Å². The predicted molar refractivity (Wildman–Crippen MR) is 79.2 cm³/mol. The van der Waals surface area contributed by atoms with Crippen molar-refractivity contribution in [3.63, 3.8) is 0 Å². The van der Waals surface area contributed by atoms with E-state index in [0.29, 0.717) is 10.6 Å². The summed E-state index contributed by atoms with van der Waals surface area (Å²) >= 11 is 7.16. The molecule has 2 aromatic carbocycles. The van der Waals surface area contributed by atoms with Gasteiger partial charge in [-0.2, -0.15) is 0 Å². The van der Waals surface area contributed by atoms with Gasteiger partial charge in [-0.15, -0.1) is 11.3 Å². The zero-order chi connectivity index (χ0) is 14.3. The zero-order valence-corrected chi connectivity index (χ0v) is 11.8. The summed E-state index contributed by atoms with van der Waals surface area (Å²) in [6.07, 6.45) is 0. The van der Waals surface area contributed by atoms with Gasteiger partial charge in [-0.25, -0.2) is 8.78 Å². The quantitative estimate of drug-likeness (QED) is 0.717. The van der Waals surface area contributed by atoms with E-state index in [4.69, 9.17) is 17.3 Å². The number of nitrogens with two attached hydrogens (primary N) is 1. The molecule has 0 aliphatic carbocycles. The van der Waals surface area contributed by atoms with Crippen molar-refractivity contribution in [3.05, 3.63) is 69.6 Å². The van der Waals surface area contributed by atoms with E-state index in [0.717, 1.165) is 15.0 Å². The lowest BCUT2D eigenvalue weighted by molar-refractivity contribution is 0.601. The molecule has 1 unspecified atom stereocenters. The SMILES string of the molecule is NC(c1cc2cc(F)ccc2s1)c1ccc(Cl)cc1F. The van der Waals surface area contributed by atoms with Crippen LogP contribution < -0.4 is 5.73 Å². The molecule has 0 amide bonds. The molecule has 0 saturated heterocycles. The molecular formula is C15H10ClF2NS. The van der Waals surface area contributed by atoms with Crippen molar-refractivity contribution >= 4 is 33.0 Å². The lowest BCUT2D eigenvalue weighted by atomic mass is 10.1. The maximum absolute atomic E-state index is 13.9. The Hall–Kier alpha value is -1.49. The van der Waals surface area contributed by atoms with Gasteiger partial charge in [0.15, 0.2) is 0 Å². The van der Waals surface area contributed by atoms with Gasteiger partial charge >= 0.3 is 0 Å². The molecule has 3 aromatic rings. The van der Waals surface area contributed by atoms with E-state index in [-0.39, 0.29) is 5.82 Å². The van der Waals surface area contributed by atoms with Crippen molar-refractivity contribution in [2.45, 2.75) is 6.04 Å². The van der Waals surface area contributed by atoms with Crippen LogP contribution in [0.25, 0.3) is 10.1 Å².